The van der Waals surface area contributed by atoms with Crippen molar-refractivity contribution in [1.82, 2.24) is 20.4 Å². The Hall–Kier alpha value is -4.69. The molecule has 0 bridgehead atoms. The first-order chi connectivity index (χ1) is 21.2. The van der Waals surface area contributed by atoms with Crippen molar-refractivity contribution in [2.45, 2.75) is 64.7 Å². The number of amides is 5. The van der Waals surface area contributed by atoms with Crippen molar-refractivity contribution in [3.63, 3.8) is 0 Å². The van der Waals surface area contributed by atoms with Gasteiger partial charge in [-0.2, -0.15) is 4.89 Å². The van der Waals surface area contributed by atoms with E-state index in [1.165, 1.54) is 51.1 Å². The Labute approximate surface area is 261 Å². The molecule has 14 nitrogen and oxygen atoms in total. The highest BCUT2D eigenvalue weighted by Gasteiger charge is 2.40. The minimum absolute atomic E-state index is 0.0946. The third-order valence-electron chi connectivity index (χ3n) is 7.55. The van der Waals surface area contributed by atoms with Gasteiger partial charge in [0.05, 0.1) is 18.7 Å². The maximum Gasteiger partial charge on any atom is 0.264 e. The molecule has 1 fully saturated rings. The summed E-state index contributed by atoms with van der Waals surface area (Å²) < 4.78 is 0. The molecule has 1 saturated heterocycles. The average molecular weight is 628 g/mol. The number of phenolic OH excluding ortho intramolecular Hbond substituents is 2. The molecule has 2 aromatic carbocycles. The van der Waals surface area contributed by atoms with Crippen LogP contribution in [0.15, 0.2) is 36.4 Å². The molecule has 0 aliphatic carbocycles. The number of hydrogen-bond acceptors (Lipinski definition) is 10. The zero-order valence-electron chi connectivity index (χ0n) is 26.2. The second kappa shape index (κ2) is 14.9. The third kappa shape index (κ3) is 7.70. The van der Waals surface area contributed by atoms with Gasteiger partial charge >= 0.3 is 0 Å². The maximum atomic E-state index is 13.8. The molecule has 5 amide bonds. The van der Waals surface area contributed by atoms with E-state index in [2.05, 4.69) is 10.6 Å². The normalized spacial score (nSPS) is 16.4. The molecule has 14 heteroatoms. The van der Waals surface area contributed by atoms with Crippen LogP contribution in [0.2, 0.25) is 0 Å². The standard InChI is InChI=1S/C31H41N5O9/c1-16(2)26(34-28(40)20-11-9-15-36(20)29(41)18(4)33-27(39)17(3)32)31(43)35(5)30(42)25-22(38)14-13-21(37)24(25)19-10-7-8-12-23(19)45-44-6/h7-8,10,12-14,16-18,20,26,37-38H,9,11,15,32H2,1-6H3,(H,33,39)(H,34,40)/t17-,18-,20-,26-/m0/s1. The van der Waals surface area contributed by atoms with Gasteiger partial charge in [-0.3, -0.25) is 28.9 Å². The topological polar surface area (TPSA) is 201 Å². The van der Waals surface area contributed by atoms with Crippen molar-refractivity contribution in [2.75, 3.05) is 20.7 Å². The van der Waals surface area contributed by atoms with Crippen LogP contribution in [0.3, 0.4) is 0 Å². The molecule has 2 aromatic rings. The van der Waals surface area contributed by atoms with E-state index in [9.17, 15) is 34.2 Å². The first-order valence-corrected chi connectivity index (χ1v) is 14.5. The van der Waals surface area contributed by atoms with Gasteiger partial charge in [0.25, 0.3) is 11.8 Å². The van der Waals surface area contributed by atoms with E-state index >= 15 is 0 Å². The number of rotatable bonds is 11. The summed E-state index contributed by atoms with van der Waals surface area (Å²) in [4.78, 5) is 78.1. The number of nitrogens with two attached hydrogens (primary N) is 1. The van der Waals surface area contributed by atoms with E-state index in [0.717, 1.165) is 11.0 Å². The summed E-state index contributed by atoms with van der Waals surface area (Å²) in [6.07, 6.45) is 0.868. The number of benzene rings is 2. The molecule has 0 saturated carbocycles. The summed E-state index contributed by atoms with van der Waals surface area (Å²) in [7, 11) is 2.48. The highest BCUT2D eigenvalue weighted by molar-refractivity contribution is 6.12. The fourth-order valence-corrected chi connectivity index (χ4v) is 5.10. The molecule has 1 aliphatic rings. The fraction of sp³-hybridized carbons (Fsp3) is 0.452. The average Bonchev–Trinajstić information content (AvgIpc) is 3.50. The monoisotopic (exact) mass is 627 g/mol. The van der Waals surface area contributed by atoms with Gasteiger partial charge in [0, 0.05) is 24.7 Å². The van der Waals surface area contributed by atoms with Crippen molar-refractivity contribution < 1.29 is 44.0 Å². The highest BCUT2D eigenvalue weighted by atomic mass is 17.2. The Morgan fingerprint density at radius 1 is 1.00 bits per heavy atom. The van der Waals surface area contributed by atoms with E-state index in [0.29, 0.717) is 12.8 Å². The molecule has 4 atom stereocenters. The van der Waals surface area contributed by atoms with Crippen molar-refractivity contribution in [2.24, 2.45) is 11.7 Å². The number of likely N-dealkylation sites (N-methyl/N-ethyl adjacent to an activating group) is 1. The lowest BCUT2D eigenvalue weighted by Gasteiger charge is -2.31. The van der Waals surface area contributed by atoms with Gasteiger partial charge in [-0.25, -0.2) is 0 Å². The van der Waals surface area contributed by atoms with E-state index in [4.69, 9.17) is 15.5 Å². The van der Waals surface area contributed by atoms with Gasteiger partial charge in [-0.05, 0) is 50.8 Å². The van der Waals surface area contributed by atoms with E-state index in [1.54, 1.807) is 26.0 Å². The number of nitrogens with zero attached hydrogens (tertiary/aromatic N) is 2. The smallest absolute Gasteiger partial charge is 0.264 e. The third-order valence-corrected chi connectivity index (χ3v) is 7.55. The lowest BCUT2D eigenvalue weighted by Crippen LogP contribution is -2.58. The lowest BCUT2D eigenvalue weighted by molar-refractivity contribution is -0.177. The molecule has 3 rings (SSSR count). The molecule has 0 radical (unpaired) electrons. The first-order valence-electron chi connectivity index (χ1n) is 14.5. The molecule has 1 heterocycles. The van der Waals surface area contributed by atoms with Crippen molar-refractivity contribution in [1.29, 1.82) is 0 Å². The van der Waals surface area contributed by atoms with Crippen LogP contribution in [0.1, 0.15) is 50.9 Å². The summed E-state index contributed by atoms with van der Waals surface area (Å²) in [5.41, 5.74) is 5.33. The van der Waals surface area contributed by atoms with Crippen LogP contribution in [-0.2, 0) is 24.1 Å². The minimum Gasteiger partial charge on any atom is -0.507 e. The zero-order valence-corrected chi connectivity index (χ0v) is 26.2. The van der Waals surface area contributed by atoms with E-state index in [-0.39, 0.29) is 34.7 Å². The zero-order chi connectivity index (χ0) is 33.6. The van der Waals surface area contributed by atoms with Gasteiger partial charge in [-0.1, -0.05) is 32.0 Å². The SMILES string of the molecule is COOc1ccccc1-c1c(O)ccc(O)c1C(=O)N(C)C(=O)[C@@H](NC(=O)[C@@H]1CCCN1C(=O)[C@H](C)NC(=O)[C@H](C)N)C(C)C. The van der Waals surface area contributed by atoms with Gasteiger partial charge in [0.15, 0.2) is 5.75 Å². The molecule has 0 aromatic heterocycles. The first kappa shape index (κ1) is 34.8. The Balaban J connectivity index is 1.86. The molecule has 0 spiro atoms. The van der Waals surface area contributed by atoms with Gasteiger partial charge in [-0.15, -0.1) is 0 Å². The Bertz CT molecular complexity index is 1440. The van der Waals surface area contributed by atoms with Gasteiger partial charge in [0.1, 0.15) is 29.6 Å². The van der Waals surface area contributed by atoms with E-state index in [1.807, 2.05) is 0 Å². The van der Waals surface area contributed by atoms with Gasteiger partial charge < -0.3 is 36.4 Å². The van der Waals surface area contributed by atoms with Crippen molar-refractivity contribution in [3.8, 4) is 28.4 Å². The summed E-state index contributed by atoms with van der Waals surface area (Å²) >= 11 is 0. The van der Waals surface area contributed by atoms with E-state index < -0.39 is 65.4 Å². The van der Waals surface area contributed by atoms with Crippen LogP contribution < -0.4 is 21.3 Å². The quantitative estimate of drug-likeness (QED) is 0.137. The number of aromatic hydroxyl groups is 2. The van der Waals surface area contributed by atoms with Crippen LogP contribution in [0.4, 0.5) is 0 Å². The molecule has 1 aliphatic heterocycles. The van der Waals surface area contributed by atoms with Crippen LogP contribution in [0, 0.1) is 5.92 Å². The summed E-state index contributed by atoms with van der Waals surface area (Å²) in [6, 6.07) is 4.81. The number of hydrogen-bond donors (Lipinski definition) is 5. The molecule has 0 unspecified atom stereocenters. The highest BCUT2D eigenvalue weighted by Crippen LogP contribution is 2.42. The fourth-order valence-electron chi connectivity index (χ4n) is 5.10. The van der Waals surface area contributed by atoms with Crippen LogP contribution in [0.5, 0.6) is 17.2 Å². The van der Waals surface area contributed by atoms with Crippen LogP contribution in [0.25, 0.3) is 11.1 Å². The Kier molecular flexibility index (Phi) is 11.5. The molecule has 244 valence electrons. The number of phenols is 2. The van der Waals surface area contributed by atoms with Gasteiger partial charge in [0.2, 0.25) is 17.7 Å². The molecular weight excluding hydrogens is 586 g/mol. The predicted molar refractivity (Wildman–Crippen MR) is 163 cm³/mol. The summed E-state index contributed by atoms with van der Waals surface area (Å²) in [5, 5.41) is 26.8. The number of carbonyl (C=O) groups is 5. The van der Waals surface area contributed by atoms with Crippen LogP contribution >= 0.6 is 0 Å². The minimum atomic E-state index is -1.19. The lowest BCUT2D eigenvalue weighted by atomic mass is 9.95. The largest absolute Gasteiger partial charge is 0.507 e. The summed E-state index contributed by atoms with van der Waals surface area (Å²) in [6.45, 7) is 6.63. The molecule has 6 N–H and O–H groups in total. The molecule has 45 heavy (non-hydrogen) atoms. The predicted octanol–water partition coefficient (Wildman–Crippen LogP) is 1.29. The summed E-state index contributed by atoms with van der Waals surface area (Å²) in [5.74, 6) is -4.52. The number of carbonyl (C=O) groups excluding carboxylic acids is 5. The maximum absolute atomic E-state index is 13.8. The van der Waals surface area contributed by atoms with Crippen molar-refractivity contribution >= 4 is 29.5 Å². The van der Waals surface area contributed by atoms with Crippen LogP contribution in [-0.4, -0.2) is 94.4 Å². The number of imide groups is 1. The number of para-hydroxylation sites is 1. The number of likely N-dealkylation sites (tertiary alicyclic amines) is 1. The number of nitrogens with one attached hydrogen (secondary N) is 2. The second-order valence-corrected chi connectivity index (χ2v) is 11.2. The van der Waals surface area contributed by atoms with Crippen molar-refractivity contribution in [3.05, 3.63) is 42.0 Å². The second-order valence-electron chi connectivity index (χ2n) is 11.2. The Morgan fingerprint density at radius 2 is 1.64 bits per heavy atom. The molecular formula is C31H41N5O9. The Morgan fingerprint density at radius 3 is 2.27 bits per heavy atom.